The van der Waals surface area contributed by atoms with Crippen LogP contribution >= 0.6 is 0 Å². The summed E-state index contributed by atoms with van der Waals surface area (Å²) < 4.78 is 0. The van der Waals surface area contributed by atoms with Crippen LogP contribution in [0.4, 0.5) is 0 Å². The molecule has 0 aliphatic heterocycles. The first kappa shape index (κ1) is 25.9. The van der Waals surface area contributed by atoms with Crippen molar-refractivity contribution in [2.45, 2.75) is 84.0 Å². The molecule has 0 aromatic rings. The minimum Gasteiger partial charge on any atom is -0.550 e. The number of carbonyl (C=O) groups excluding carboxylic acids is 1. The van der Waals surface area contributed by atoms with Gasteiger partial charge < -0.3 is 9.90 Å². The minimum atomic E-state index is -0.933. The lowest BCUT2D eigenvalue weighted by molar-refractivity contribution is -0.305. The van der Waals surface area contributed by atoms with Gasteiger partial charge in [0.1, 0.15) is 0 Å². The normalized spacial score (nSPS) is 12.9. The van der Waals surface area contributed by atoms with E-state index in [1.807, 2.05) is 0 Å². The molecule has 0 aromatic heterocycles. The average Bonchev–Trinajstić information content (AvgIpc) is 2.68. The molecule has 0 saturated heterocycles. The SMILES string of the molecule is CC/C=C\C/C=C\C/C=C\C/C=C\C/C=C\C/C=C\CCCCCCC(=O)[O-]. The number of aliphatic carboxylic acids is 1. The second-order valence-electron chi connectivity index (χ2n) is 6.74. The van der Waals surface area contributed by atoms with Crippen molar-refractivity contribution in [1.29, 1.82) is 0 Å². The van der Waals surface area contributed by atoms with E-state index in [2.05, 4.69) is 79.8 Å². The first-order valence-corrected chi connectivity index (χ1v) is 10.9. The lowest BCUT2D eigenvalue weighted by Crippen LogP contribution is -2.21. The zero-order valence-electron chi connectivity index (χ0n) is 17.7. The second-order valence-corrected chi connectivity index (χ2v) is 6.74. The van der Waals surface area contributed by atoms with Crippen molar-refractivity contribution >= 4 is 5.97 Å². The highest BCUT2D eigenvalue weighted by molar-refractivity contribution is 5.64. The molecule has 0 aliphatic rings. The molecule has 0 heterocycles. The fourth-order valence-corrected chi connectivity index (χ4v) is 2.52. The Morgan fingerprint density at radius 3 is 1.39 bits per heavy atom. The average molecular weight is 384 g/mol. The Labute approximate surface area is 173 Å². The Kier molecular flexibility index (Phi) is 21.2. The van der Waals surface area contributed by atoms with Crippen LogP contribution in [0.15, 0.2) is 72.9 Å². The first-order valence-electron chi connectivity index (χ1n) is 10.9. The molecule has 0 aliphatic carbocycles. The van der Waals surface area contributed by atoms with Crippen molar-refractivity contribution in [3.05, 3.63) is 72.9 Å². The van der Waals surface area contributed by atoms with Gasteiger partial charge in [0.15, 0.2) is 0 Å². The smallest absolute Gasteiger partial charge is 0.0414 e. The Morgan fingerprint density at radius 2 is 0.964 bits per heavy atom. The van der Waals surface area contributed by atoms with Gasteiger partial charge in [0.25, 0.3) is 0 Å². The summed E-state index contributed by atoms with van der Waals surface area (Å²) in [5.74, 6) is -0.933. The van der Waals surface area contributed by atoms with E-state index in [0.717, 1.165) is 70.6 Å². The molecule has 0 radical (unpaired) electrons. The van der Waals surface area contributed by atoms with E-state index in [4.69, 9.17) is 0 Å². The summed E-state index contributed by atoms with van der Waals surface area (Å²) in [7, 11) is 0. The third-order valence-corrected chi connectivity index (χ3v) is 4.10. The van der Waals surface area contributed by atoms with Crippen LogP contribution in [0.25, 0.3) is 0 Å². The standard InChI is InChI=1S/C26H40O2/c1-2-3-4-5-6-7-8-9-10-11-12-13-14-15-16-17-18-19-20-21-22-23-24-25-26(27)28/h3-4,6-7,9-10,12-13,15-16,18-19H,2,5,8,11,14,17,20-25H2,1H3,(H,27,28)/p-1/b4-3-,7-6-,10-9-,13-12-,16-15-,19-18-. The van der Waals surface area contributed by atoms with E-state index in [1.165, 1.54) is 0 Å². The number of hydrogen-bond acceptors (Lipinski definition) is 2. The number of carbonyl (C=O) groups is 1. The third-order valence-electron chi connectivity index (χ3n) is 4.10. The number of hydrogen-bond donors (Lipinski definition) is 0. The zero-order chi connectivity index (χ0) is 20.5. The van der Waals surface area contributed by atoms with Gasteiger partial charge in [-0.15, -0.1) is 0 Å². The van der Waals surface area contributed by atoms with Gasteiger partial charge in [0, 0.05) is 5.97 Å². The molecule has 0 unspecified atom stereocenters. The van der Waals surface area contributed by atoms with Crippen LogP contribution in [-0.2, 0) is 4.79 Å². The van der Waals surface area contributed by atoms with Gasteiger partial charge in [-0.2, -0.15) is 0 Å². The molecular formula is C26H39O2-. The van der Waals surface area contributed by atoms with Crippen LogP contribution in [0, 0.1) is 0 Å². The van der Waals surface area contributed by atoms with Gasteiger partial charge in [0.2, 0.25) is 0 Å². The molecule has 0 N–H and O–H groups in total. The molecule has 0 aromatic carbocycles. The summed E-state index contributed by atoms with van der Waals surface area (Å²) in [6, 6.07) is 0. The van der Waals surface area contributed by atoms with E-state index >= 15 is 0 Å². The summed E-state index contributed by atoms with van der Waals surface area (Å²) in [4.78, 5) is 10.3. The maximum Gasteiger partial charge on any atom is 0.0414 e. The highest BCUT2D eigenvalue weighted by Crippen LogP contribution is 2.06. The molecule has 0 amide bonds. The fourth-order valence-electron chi connectivity index (χ4n) is 2.52. The number of unbranched alkanes of at least 4 members (excludes halogenated alkanes) is 4. The van der Waals surface area contributed by atoms with Gasteiger partial charge in [0.05, 0.1) is 0 Å². The maximum absolute atomic E-state index is 10.3. The summed E-state index contributed by atoms with van der Waals surface area (Å²) in [6.07, 6.45) is 37.9. The maximum atomic E-state index is 10.3. The molecule has 28 heavy (non-hydrogen) atoms. The highest BCUT2D eigenvalue weighted by Gasteiger charge is 1.89. The predicted octanol–water partition coefficient (Wildman–Crippen LogP) is 6.77. The minimum absolute atomic E-state index is 0.194. The molecule has 2 nitrogen and oxygen atoms in total. The quantitative estimate of drug-likeness (QED) is 0.193. The summed E-state index contributed by atoms with van der Waals surface area (Å²) >= 11 is 0. The molecule has 156 valence electrons. The van der Waals surface area contributed by atoms with Crippen molar-refractivity contribution in [2.24, 2.45) is 0 Å². The van der Waals surface area contributed by atoms with E-state index in [9.17, 15) is 9.90 Å². The molecule has 0 saturated carbocycles. The summed E-state index contributed by atoms with van der Waals surface area (Å²) in [6.45, 7) is 2.15. The Hall–Kier alpha value is -2.09. The summed E-state index contributed by atoms with van der Waals surface area (Å²) in [5.41, 5.74) is 0. The topological polar surface area (TPSA) is 40.1 Å². The molecule has 2 heteroatoms. The monoisotopic (exact) mass is 383 g/mol. The van der Waals surface area contributed by atoms with Crippen molar-refractivity contribution in [2.75, 3.05) is 0 Å². The fraction of sp³-hybridized carbons (Fsp3) is 0.500. The van der Waals surface area contributed by atoms with Crippen molar-refractivity contribution < 1.29 is 9.90 Å². The molecular weight excluding hydrogens is 344 g/mol. The van der Waals surface area contributed by atoms with E-state index in [0.29, 0.717) is 0 Å². The highest BCUT2D eigenvalue weighted by atomic mass is 16.4. The van der Waals surface area contributed by atoms with Gasteiger partial charge in [-0.3, -0.25) is 0 Å². The van der Waals surface area contributed by atoms with E-state index in [1.54, 1.807) is 0 Å². The summed E-state index contributed by atoms with van der Waals surface area (Å²) in [5, 5.41) is 10.3. The lowest BCUT2D eigenvalue weighted by Gasteiger charge is -2.00. The number of carboxylic acid groups (broad SMARTS) is 1. The van der Waals surface area contributed by atoms with Crippen LogP contribution in [-0.4, -0.2) is 5.97 Å². The largest absolute Gasteiger partial charge is 0.550 e. The zero-order valence-corrected chi connectivity index (χ0v) is 17.7. The molecule has 0 spiro atoms. The van der Waals surface area contributed by atoms with E-state index in [-0.39, 0.29) is 6.42 Å². The Bertz CT molecular complexity index is 519. The molecule has 0 fully saturated rings. The van der Waals surface area contributed by atoms with Crippen molar-refractivity contribution in [3.8, 4) is 0 Å². The molecule has 0 rings (SSSR count). The lowest BCUT2D eigenvalue weighted by atomic mass is 10.1. The molecule has 0 bridgehead atoms. The van der Waals surface area contributed by atoms with Crippen LogP contribution < -0.4 is 5.11 Å². The Balaban J connectivity index is 3.45. The van der Waals surface area contributed by atoms with E-state index < -0.39 is 5.97 Å². The van der Waals surface area contributed by atoms with Crippen molar-refractivity contribution in [1.82, 2.24) is 0 Å². The van der Waals surface area contributed by atoms with Crippen LogP contribution in [0.2, 0.25) is 0 Å². The number of rotatable bonds is 18. The van der Waals surface area contributed by atoms with Crippen LogP contribution in [0.5, 0.6) is 0 Å². The molecule has 0 atom stereocenters. The first-order chi connectivity index (χ1) is 13.8. The number of allylic oxidation sites excluding steroid dienone is 12. The number of carboxylic acids is 1. The Morgan fingerprint density at radius 1 is 0.571 bits per heavy atom. The van der Waals surface area contributed by atoms with Crippen LogP contribution in [0.3, 0.4) is 0 Å². The van der Waals surface area contributed by atoms with Crippen LogP contribution in [0.1, 0.15) is 84.0 Å². The van der Waals surface area contributed by atoms with Crippen molar-refractivity contribution in [3.63, 3.8) is 0 Å². The third kappa shape index (κ3) is 23.9. The predicted molar refractivity (Wildman–Crippen MR) is 121 cm³/mol. The second kappa shape index (κ2) is 23.0. The van der Waals surface area contributed by atoms with Gasteiger partial charge in [-0.1, -0.05) is 92.7 Å². The van der Waals surface area contributed by atoms with Gasteiger partial charge in [-0.05, 0) is 64.2 Å². The van der Waals surface area contributed by atoms with Gasteiger partial charge >= 0.3 is 0 Å². The van der Waals surface area contributed by atoms with Gasteiger partial charge in [-0.25, -0.2) is 0 Å².